The van der Waals surface area contributed by atoms with Gasteiger partial charge in [-0.15, -0.1) is 0 Å². The van der Waals surface area contributed by atoms with Crippen LogP contribution in [0.4, 0.5) is 5.95 Å². The molecule has 4 aromatic rings. The van der Waals surface area contributed by atoms with E-state index < -0.39 is 5.41 Å². The van der Waals surface area contributed by atoms with Gasteiger partial charge in [0.05, 0.1) is 29.3 Å². The van der Waals surface area contributed by atoms with Crippen molar-refractivity contribution in [3.05, 3.63) is 60.3 Å². The molecular weight excluding hydrogens is 380 g/mol. The lowest BCUT2D eigenvalue weighted by molar-refractivity contribution is -0.121. The predicted octanol–water partition coefficient (Wildman–Crippen LogP) is 3.78. The maximum Gasteiger partial charge on any atom is 0.241 e. The van der Waals surface area contributed by atoms with Crippen LogP contribution in [0.2, 0.25) is 0 Å². The summed E-state index contributed by atoms with van der Waals surface area (Å²) in [7, 11) is 1.63. The van der Waals surface area contributed by atoms with Gasteiger partial charge in [-0.05, 0) is 37.1 Å². The van der Waals surface area contributed by atoms with Gasteiger partial charge in [0, 0.05) is 24.7 Å². The van der Waals surface area contributed by atoms with Crippen molar-refractivity contribution < 1.29 is 14.1 Å². The monoisotopic (exact) mass is 400 g/mol. The summed E-state index contributed by atoms with van der Waals surface area (Å²) < 4.78 is 13.0. The van der Waals surface area contributed by atoms with Crippen LogP contribution in [0.25, 0.3) is 22.4 Å². The van der Waals surface area contributed by atoms with E-state index in [-0.39, 0.29) is 5.91 Å². The molecule has 2 aromatic heterocycles. The average molecular weight is 400 g/mol. The molecule has 1 saturated carbocycles. The lowest BCUT2D eigenvalue weighted by Crippen LogP contribution is -2.38. The molecule has 0 saturated heterocycles. The number of para-hydroxylation sites is 2. The largest absolute Gasteiger partial charge is 0.497 e. The molecule has 0 spiro atoms. The highest BCUT2D eigenvalue weighted by atomic mass is 16.5. The van der Waals surface area contributed by atoms with E-state index in [2.05, 4.69) is 9.72 Å². The van der Waals surface area contributed by atoms with Crippen molar-refractivity contribution in [3.63, 3.8) is 0 Å². The molecule has 1 aliphatic heterocycles. The summed E-state index contributed by atoms with van der Waals surface area (Å²) >= 11 is 0. The van der Waals surface area contributed by atoms with Crippen LogP contribution in [0, 0.1) is 0 Å². The number of anilines is 1. The first-order valence-electron chi connectivity index (χ1n) is 10.1. The molecule has 0 bridgehead atoms. The number of carbonyl (C=O) groups is 1. The summed E-state index contributed by atoms with van der Waals surface area (Å²) in [5.74, 6) is 2.17. The third kappa shape index (κ3) is 2.41. The highest BCUT2D eigenvalue weighted by molar-refractivity contribution is 6.03. The molecule has 30 heavy (non-hydrogen) atoms. The Bertz CT molecular complexity index is 1280. The van der Waals surface area contributed by atoms with E-state index in [4.69, 9.17) is 14.2 Å². The molecule has 7 heteroatoms. The minimum atomic E-state index is -0.617. The molecule has 0 radical (unpaired) electrons. The first-order valence-corrected chi connectivity index (χ1v) is 10.1. The lowest BCUT2D eigenvalue weighted by Gasteiger charge is -2.19. The molecule has 0 unspecified atom stereocenters. The SMILES string of the molecule is COc1cccc(-c2cc(C3(C(=O)N4CCn5c4nc4ccccc45)CC3)no2)c1. The molecule has 6 rings (SSSR count). The van der Waals surface area contributed by atoms with E-state index in [0.717, 1.165) is 47.7 Å². The highest BCUT2D eigenvalue weighted by Gasteiger charge is 2.56. The third-order valence-electron chi connectivity index (χ3n) is 6.18. The summed E-state index contributed by atoms with van der Waals surface area (Å²) in [4.78, 5) is 20.1. The Morgan fingerprint density at radius 3 is 2.80 bits per heavy atom. The summed E-state index contributed by atoms with van der Waals surface area (Å²) in [5.41, 5.74) is 2.93. The number of carbonyl (C=O) groups excluding carboxylic acids is 1. The van der Waals surface area contributed by atoms with Crippen molar-refractivity contribution in [1.82, 2.24) is 14.7 Å². The number of ether oxygens (including phenoxy) is 1. The Morgan fingerprint density at radius 1 is 1.10 bits per heavy atom. The summed E-state index contributed by atoms with van der Waals surface area (Å²) in [6.45, 7) is 1.39. The maximum absolute atomic E-state index is 13.6. The highest BCUT2D eigenvalue weighted by Crippen LogP contribution is 2.50. The molecule has 0 N–H and O–H groups in total. The van der Waals surface area contributed by atoms with Crippen LogP contribution in [-0.4, -0.2) is 34.3 Å². The van der Waals surface area contributed by atoms with Crippen molar-refractivity contribution in [2.45, 2.75) is 24.8 Å². The van der Waals surface area contributed by atoms with Gasteiger partial charge in [0.25, 0.3) is 0 Å². The van der Waals surface area contributed by atoms with Crippen LogP contribution in [0.1, 0.15) is 18.5 Å². The molecule has 7 nitrogen and oxygen atoms in total. The van der Waals surface area contributed by atoms with Crippen LogP contribution >= 0.6 is 0 Å². The minimum Gasteiger partial charge on any atom is -0.497 e. The van der Waals surface area contributed by atoms with Gasteiger partial charge in [-0.3, -0.25) is 9.69 Å². The number of nitrogens with zero attached hydrogens (tertiary/aromatic N) is 4. The summed E-state index contributed by atoms with van der Waals surface area (Å²) in [6, 6.07) is 17.5. The van der Waals surface area contributed by atoms with Gasteiger partial charge in [-0.1, -0.05) is 29.4 Å². The Balaban J connectivity index is 1.33. The standard InChI is InChI=1S/C23H20N4O3/c1-29-16-6-4-5-15(13-16)19-14-20(25-30-19)23(9-10-23)21(28)27-12-11-26-18-8-3-2-7-17(18)24-22(26)27/h2-8,13-14H,9-12H2,1H3. The molecule has 1 amide bonds. The van der Waals surface area contributed by atoms with Crippen LogP contribution in [0.3, 0.4) is 0 Å². The number of methoxy groups -OCH3 is 1. The average Bonchev–Trinajstić information content (AvgIpc) is 3.13. The molecule has 2 aromatic carbocycles. The van der Waals surface area contributed by atoms with Gasteiger partial charge in [0.1, 0.15) is 5.75 Å². The molecule has 0 atom stereocenters. The Morgan fingerprint density at radius 2 is 1.97 bits per heavy atom. The van der Waals surface area contributed by atoms with E-state index in [9.17, 15) is 4.79 Å². The second-order valence-corrected chi connectivity index (χ2v) is 7.90. The Hall–Kier alpha value is -3.61. The molecule has 150 valence electrons. The Labute approximate surface area is 172 Å². The van der Waals surface area contributed by atoms with E-state index >= 15 is 0 Å². The van der Waals surface area contributed by atoms with Crippen molar-refractivity contribution >= 4 is 22.9 Å². The van der Waals surface area contributed by atoms with Crippen molar-refractivity contribution in [2.24, 2.45) is 0 Å². The minimum absolute atomic E-state index is 0.0575. The van der Waals surface area contributed by atoms with E-state index in [1.54, 1.807) is 7.11 Å². The van der Waals surface area contributed by atoms with Crippen molar-refractivity contribution in [2.75, 3.05) is 18.6 Å². The zero-order chi connectivity index (χ0) is 20.3. The number of hydrogen-bond donors (Lipinski definition) is 0. The fourth-order valence-electron chi connectivity index (χ4n) is 4.36. The normalized spacial score (nSPS) is 16.6. The van der Waals surface area contributed by atoms with E-state index in [1.807, 2.05) is 59.5 Å². The molecule has 1 aliphatic carbocycles. The quantitative estimate of drug-likeness (QED) is 0.521. The van der Waals surface area contributed by atoms with E-state index in [1.165, 1.54) is 0 Å². The number of aromatic nitrogens is 3. The van der Waals surface area contributed by atoms with Crippen molar-refractivity contribution in [3.8, 4) is 17.1 Å². The number of imidazole rings is 1. The predicted molar refractivity (Wildman–Crippen MR) is 111 cm³/mol. The number of fused-ring (bicyclic) bond motifs is 3. The lowest BCUT2D eigenvalue weighted by atomic mass is 9.99. The van der Waals surface area contributed by atoms with Crippen LogP contribution in [0.5, 0.6) is 5.75 Å². The van der Waals surface area contributed by atoms with Gasteiger partial charge in [-0.25, -0.2) is 4.98 Å². The van der Waals surface area contributed by atoms with Crippen molar-refractivity contribution in [1.29, 1.82) is 0 Å². The first kappa shape index (κ1) is 17.3. The summed E-state index contributed by atoms with van der Waals surface area (Å²) in [6.07, 6.45) is 1.54. The van der Waals surface area contributed by atoms with Crippen LogP contribution in [-0.2, 0) is 16.8 Å². The second-order valence-electron chi connectivity index (χ2n) is 7.90. The fourth-order valence-corrected chi connectivity index (χ4v) is 4.36. The Kier molecular flexibility index (Phi) is 3.56. The number of amides is 1. The molecular formula is C23H20N4O3. The third-order valence-corrected chi connectivity index (χ3v) is 6.18. The first-order chi connectivity index (χ1) is 14.7. The molecule has 3 heterocycles. The van der Waals surface area contributed by atoms with Gasteiger partial charge in [-0.2, -0.15) is 0 Å². The van der Waals surface area contributed by atoms with Crippen LogP contribution in [0.15, 0.2) is 59.1 Å². The van der Waals surface area contributed by atoms with Gasteiger partial charge >= 0.3 is 0 Å². The zero-order valence-electron chi connectivity index (χ0n) is 16.5. The smallest absolute Gasteiger partial charge is 0.241 e. The number of rotatable bonds is 4. The van der Waals surface area contributed by atoms with Gasteiger partial charge in [0.15, 0.2) is 5.76 Å². The molecule has 1 fully saturated rings. The fraction of sp³-hybridized carbons (Fsp3) is 0.261. The zero-order valence-corrected chi connectivity index (χ0v) is 16.5. The maximum atomic E-state index is 13.6. The summed E-state index contributed by atoms with van der Waals surface area (Å²) in [5, 5.41) is 4.28. The number of benzene rings is 2. The second kappa shape index (κ2) is 6.19. The molecule has 2 aliphatic rings. The van der Waals surface area contributed by atoms with Gasteiger partial charge < -0.3 is 13.8 Å². The van der Waals surface area contributed by atoms with Crippen LogP contribution < -0.4 is 9.64 Å². The van der Waals surface area contributed by atoms with E-state index in [0.29, 0.717) is 18.0 Å². The van der Waals surface area contributed by atoms with Gasteiger partial charge in [0.2, 0.25) is 11.9 Å². The number of hydrogen-bond acceptors (Lipinski definition) is 5. The topological polar surface area (TPSA) is 73.4 Å².